The van der Waals surface area contributed by atoms with E-state index in [-0.39, 0.29) is 0 Å². The quantitative estimate of drug-likeness (QED) is 0.790. The fourth-order valence-electron chi connectivity index (χ4n) is 1.59. The van der Waals surface area contributed by atoms with Crippen LogP contribution in [0.1, 0.15) is 17.3 Å². The van der Waals surface area contributed by atoms with Gasteiger partial charge in [0.2, 0.25) is 5.89 Å². The molecule has 2 rings (SSSR count). The molecular weight excluding hydrogens is 226 g/mol. The number of nitrogens with one attached hydrogen (secondary N) is 1. The van der Waals surface area contributed by atoms with Crippen molar-refractivity contribution in [3.05, 3.63) is 53.7 Å². The van der Waals surface area contributed by atoms with E-state index in [9.17, 15) is 0 Å². The maximum Gasteiger partial charge on any atom is 0.223 e. The fourth-order valence-corrected chi connectivity index (χ4v) is 1.59. The van der Waals surface area contributed by atoms with Gasteiger partial charge < -0.3 is 9.84 Å². The van der Waals surface area contributed by atoms with Crippen LogP contribution in [-0.2, 0) is 6.42 Å². The first-order valence-corrected chi connectivity index (χ1v) is 6.06. The molecule has 1 aromatic carbocycles. The van der Waals surface area contributed by atoms with Gasteiger partial charge in [-0.25, -0.2) is 0 Å². The zero-order chi connectivity index (χ0) is 12.6. The predicted molar refractivity (Wildman–Crippen MR) is 71.1 cm³/mol. The third-order valence-electron chi connectivity index (χ3n) is 2.47. The van der Waals surface area contributed by atoms with Crippen LogP contribution in [0.15, 0.2) is 40.9 Å². The molecular formula is C14H17N3O. The Balaban J connectivity index is 1.63. The highest BCUT2D eigenvalue weighted by molar-refractivity contribution is 5.48. The van der Waals surface area contributed by atoms with Crippen LogP contribution in [0.2, 0.25) is 0 Å². The van der Waals surface area contributed by atoms with Gasteiger partial charge in [-0.3, -0.25) is 0 Å². The van der Waals surface area contributed by atoms with E-state index < -0.39 is 0 Å². The van der Waals surface area contributed by atoms with E-state index in [0.29, 0.717) is 5.89 Å². The van der Waals surface area contributed by atoms with Gasteiger partial charge in [-0.2, -0.15) is 4.98 Å². The lowest BCUT2D eigenvalue weighted by Gasteiger charge is -1.97. The summed E-state index contributed by atoms with van der Waals surface area (Å²) in [6.45, 7) is 3.48. The van der Waals surface area contributed by atoms with Crippen LogP contribution in [0.5, 0.6) is 0 Å². The molecule has 94 valence electrons. The number of rotatable bonds is 6. The molecule has 0 saturated carbocycles. The van der Waals surface area contributed by atoms with E-state index in [2.05, 4.69) is 39.7 Å². The van der Waals surface area contributed by atoms with E-state index >= 15 is 0 Å². The van der Waals surface area contributed by atoms with Crippen LogP contribution in [0.3, 0.4) is 0 Å². The minimum absolute atomic E-state index is 0.619. The highest BCUT2D eigenvalue weighted by Crippen LogP contribution is 2.00. The average Bonchev–Trinajstić information content (AvgIpc) is 2.81. The molecule has 4 heteroatoms. The Kier molecular flexibility index (Phi) is 4.67. The molecule has 1 aromatic heterocycles. The van der Waals surface area contributed by atoms with Crippen molar-refractivity contribution < 1.29 is 4.52 Å². The van der Waals surface area contributed by atoms with Crippen molar-refractivity contribution in [3.8, 4) is 0 Å². The van der Waals surface area contributed by atoms with Gasteiger partial charge in [0, 0.05) is 26.4 Å². The normalized spacial score (nSPS) is 11.2. The summed E-state index contributed by atoms with van der Waals surface area (Å²) in [7, 11) is 0. The Labute approximate surface area is 107 Å². The molecule has 0 unspecified atom stereocenters. The highest BCUT2D eigenvalue weighted by Gasteiger charge is 1.99. The Bertz CT molecular complexity index is 491. The molecule has 4 nitrogen and oxygen atoms in total. The summed E-state index contributed by atoms with van der Waals surface area (Å²) in [6.07, 6.45) is 5.00. The minimum Gasteiger partial charge on any atom is -0.340 e. The van der Waals surface area contributed by atoms with Crippen molar-refractivity contribution in [2.75, 3.05) is 13.1 Å². The zero-order valence-electron chi connectivity index (χ0n) is 10.5. The maximum atomic E-state index is 4.90. The van der Waals surface area contributed by atoms with Crippen LogP contribution in [-0.4, -0.2) is 23.2 Å². The van der Waals surface area contributed by atoms with Gasteiger partial charge in [-0.05, 0) is 5.56 Å². The zero-order valence-corrected chi connectivity index (χ0v) is 10.5. The molecule has 0 fully saturated rings. The van der Waals surface area contributed by atoms with Crippen LogP contribution in [0, 0.1) is 6.92 Å². The largest absolute Gasteiger partial charge is 0.340 e. The van der Waals surface area contributed by atoms with Crippen LogP contribution in [0.25, 0.3) is 6.08 Å². The van der Waals surface area contributed by atoms with Gasteiger partial charge in [0.25, 0.3) is 0 Å². The first-order chi connectivity index (χ1) is 8.84. The molecule has 1 N–H and O–H groups in total. The van der Waals surface area contributed by atoms with Gasteiger partial charge in [0.05, 0.1) is 0 Å². The lowest BCUT2D eigenvalue weighted by Crippen LogP contribution is -2.17. The van der Waals surface area contributed by atoms with Crippen LogP contribution >= 0.6 is 0 Å². The number of hydrogen-bond acceptors (Lipinski definition) is 4. The Hall–Kier alpha value is -1.94. The van der Waals surface area contributed by atoms with Crippen LogP contribution in [0.4, 0.5) is 0 Å². The molecule has 0 saturated heterocycles. The van der Waals surface area contributed by atoms with Crippen molar-refractivity contribution in [3.63, 3.8) is 0 Å². The molecule has 0 aliphatic carbocycles. The van der Waals surface area contributed by atoms with Gasteiger partial charge in [0.15, 0.2) is 5.82 Å². The molecule has 0 aliphatic heterocycles. The number of aromatic nitrogens is 2. The summed E-state index contributed by atoms with van der Waals surface area (Å²) in [4.78, 5) is 4.14. The summed E-state index contributed by atoms with van der Waals surface area (Å²) in [5.74, 6) is 1.38. The first-order valence-electron chi connectivity index (χ1n) is 6.06. The summed E-state index contributed by atoms with van der Waals surface area (Å²) < 4.78 is 4.90. The van der Waals surface area contributed by atoms with E-state index in [0.717, 1.165) is 25.3 Å². The van der Waals surface area contributed by atoms with E-state index in [4.69, 9.17) is 4.52 Å². The second-order valence-corrected chi connectivity index (χ2v) is 4.00. The van der Waals surface area contributed by atoms with Crippen molar-refractivity contribution in [1.29, 1.82) is 0 Å². The third kappa shape index (κ3) is 4.14. The number of benzene rings is 1. The van der Waals surface area contributed by atoms with Gasteiger partial charge in [0.1, 0.15) is 0 Å². The Morgan fingerprint density at radius 3 is 2.83 bits per heavy atom. The smallest absolute Gasteiger partial charge is 0.223 e. The number of aryl methyl sites for hydroxylation is 1. The lowest BCUT2D eigenvalue weighted by atomic mass is 10.2. The maximum absolute atomic E-state index is 4.90. The highest BCUT2D eigenvalue weighted by atomic mass is 16.5. The first kappa shape index (κ1) is 12.5. The number of nitrogens with zero attached hydrogens (tertiary/aromatic N) is 2. The topological polar surface area (TPSA) is 51.0 Å². The fraction of sp³-hybridized carbons (Fsp3) is 0.286. The van der Waals surface area contributed by atoms with E-state index in [1.807, 2.05) is 18.2 Å². The van der Waals surface area contributed by atoms with E-state index in [1.54, 1.807) is 6.92 Å². The molecule has 0 spiro atoms. The molecule has 0 amide bonds. The summed E-state index contributed by atoms with van der Waals surface area (Å²) in [6, 6.07) is 10.2. The SMILES string of the molecule is Cc1nc(CCNC/C=C/c2ccccc2)no1. The molecule has 0 atom stereocenters. The predicted octanol–water partition coefficient (Wildman–Crippen LogP) is 2.22. The van der Waals surface area contributed by atoms with Crippen molar-refractivity contribution in [2.45, 2.75) is 13.3 Å². The third-order valence-corrected chi connectivity index (χ3v) is 2.47. The van der Waals surface area contributed by atoms with Crippen molar-refractivity contribution >= 4 is 6.08 Å². The van der Waals surface area contributed by atoms with Crippen molar-refractivity contribution in [1.82, 2.24) is 15.5 Å². The number of hydrogen-bond donors (Lipinski definition) is 1. The van der Waals surface area contributed by atoms with E-state index in [1.165, 1.54) is 5.56 Å². The molecule has 18 heavy (non-hydrogen) atoms. The van der Waals surface area contributed by atoms with Gasteiger partial charge in [-0.1, -0.05) is 47.6 Å². The summed E-state index contributed by atoms with van der Waals surface area (Å²) >= 11 is 0. The molecule has 0 aliphatic rings. The molecule has 1 heterocycles. The molecule has 0 bridgehead atoms. The van der Waals surface area contributed by atoms with Gasteiger partial charge >= 0.3 is 0 Å². The average molecular weight is 243 g/mol. The standard InChI is InChI=1S/C14H17N3O/c1-12-16-14(17-18-12)9-11-15-10-5-8-13-6-3-2-4-7-13/h2-8,15H,9-11H2,1H3/b8-5+. The van der Waals surface area contributed by atoms with Crippen LogP contribution < -0.4 is 5.32 Å². The summed E-state index contributed by atoms with van der Waals surface area (Å²) in [5, 5.41) is 7.14. The molecule has 2 aromatic rings. The second kappa shape index (κ2) is 6.71. The molecule has 0 radical (unpaired) electrons. The second-order valence-electron chi connectivity index (χ2n) is 4.00. The Morgan fingerprint density at radius 1 is 1.28 bits per heavy atom. The lowest BCUT2D eigenvalue weighted by molar-refractivity contribution is 0.387. The summed E-state index contributed by atoms with van der Waals surface area (Å²) in [5.41, 5.74) is 1.22. The monoisotopic (exact) mass is 243 g/mol. The van der Waals surface area contributed by atoms with Crippen molar-refractivity contribution in [2.24, 2.45) is 0 Å². The minimum atomic E-state index is 0.619. The van der Waals surface area contributed by atoms with Gasteiger partial charge in [-0.15, -0.1) is 0 Å². The Morgan fingerprint density at radius 2 is 2.11 bits per heavy atom.